The number of pyridine rings is 1. The van der Waals surface area contributed by atoms with Crippen molar-refractivity contribution in [3.8, 4) is 11.1 Å². The molecule has 0 bridgehead atoms. The van der Waals surface area contributed by atoms with Crippen LogP contribution in [0.3, 0.4) is 0 Å². The molecule has 0 atom stereocenters. The zero-order chi connectivity index (χ0) is 14.1. The maximum atomic E-state index is 12.1. The monoisotopic (exact) mass is 266 g/mol. The van der Waals surface area contributed by atoms with Gasteiger partial charge in [-0.05, 0) is 43.9 Å². The van der Waals surface area contributed by atoms with E-state index in [-0.39, 0.29) is 5.91 Å². The Morgan fingerprint density at radius 3 is 2.75 bits per heavy atom. The smallest absolute Gasteiger partial charge is 0.253 e. The third-order valence-electron chi connectivity index (χ3n) is 3.62. The Balaban J connectivity index is 1.93. The van der Waals surface area contributed by atoms with Gasteiger partial charge in [0.2, 0.25) is 0 Å². The summed E-state index contributed by atoms with van der Waals surface area (Å²) in [6.07, 6.45) is 5.63. The van der Waals surface area contributed by atoms with Gasteiger partial charge in [-0.15, -0.1) is 0 Å². The van der Waals surface area contributed by atoms with Gasteiger partial charge in [-0.25, -0.2) is 0 Å². The standard InChI is InChI=1S/C17H18N2O/c1-11-3-4-12(2)16(7-11)13-8-14(10-18-9-13)17(20)19-15-5-6-15/h3-4,7-10,15H,5-6H2,1-2H3,(H,19,20). The first kappa shape index (κ1) is 12.9. The number of carbonyl (C=O) groups excluding carboxylic acids is 1. The molecule has 102 valence electrons. The maximum Gasteiger partial charge on any atom is 0.253 e. The number of benzene rings is 1. The fourth-order valence-corrected chi connectivity index (χ4v) is 2.25. The summed E-state index contributed by atoms with van der Waals surface area (Å²) < 4.78 is 0. The van der Waals surface area contributed by atoms with Crippen molar-refractivity contribution in [3.05, 3.63) is 53.3 Å². The number of amides is 1. The van der Waals surface area contributed by atoms with Crippen molar-refractivity contribution in [3.63, 3.8) is 0 Å². The number of carbonyl (C=O) groups is 1. The lowest BCUT2D eigenvalue weighted by Crippen LogP contribution is -2.25. The summed E-state index contributed by atoms with van der Waals surface area (Å²) in [6, 6.07) is 8.62. The van der Waals surface area contributed by atoms with Crippen LogP contribution >= 0.6 is 0 Å². The van der Waals surface area contributed by atoms with Crippen LogP contribution in [0.5, 0.6) is 0 Å². The first-order valence-electron chi connectivity index (χ1n) is 6.97. The van der Waals surface area contributed by atoms with Gasteiger partial charge in [-0.2, -0.15) is 0 Å². The third-order valence-corrected chi connectivity index (χ3v) is 3.62. The Kier molecular flexibility index (Phi) is 3.26. The van der Waals surface area contributed by atoms with Crippen LogP contribution in [0.2, 0.25) is 0 Å². The number of rotatable bonds is 3. The topological polar surface area (TPSA) is 42.0 Å². The highest BCUT2D eigenvalue weighted by atomic mass is 16.1. The molecule has 1 amide bonds. The second-order valence-corrected chi connectivity index (χ2v) is 5.53. The Morgan fingerprint density at radius 2 is 2.00 bits per heavy atom. The number of nitrogens with zero attached hydrogens (tertiary/aromatic N) is 1. The second kappa shape index (κ2) is 5.08. The van der Waals surface area contributed by atoms with Gasteiger partial charge in [0, 0.05) is 24.0 Å². The molecule has 1 aliphatic rings. The summed E-state index contributed by atoms with van der Waals surface area (Å²) in [5.74, 6) is -0.0212. The normalized spacial score (nSPS) is 14.1. The maximum absolute atomic E-state index is 12.1. The largest absolute Gasteiger partial charge is 0.349 e. The van der Waals surface area contributed by atoms with Crippen LogP contribution in [0.25, 0.3) is 11.1 Å². The van der Waals surface area contributed by atoms with Crippen LogP contribution in [-0.2, 0) is 0 Å². The van der Waals surface area contributed by atoms with Gasteiger partial charge in [-0.3, -0.25) is 9.78 Å². The van der Waals surface area contributed by atoms with Gasteiger partial charge in [0.15, 0.2) is 0 Å². The molecule has 0 aliphatic heterocycles. The molecule has 0 saturated heterocycles. The zero-order valence-electron chi connectivity index (χ0n) is 11.8. The molecule has 3 nitrogen and oxygen atoms in total. The number of aromatic nitrogens is 1. The van der Waals surface area contributed by atoms with Crippen LogP contribution in [0.1, 0.15) is 34.3 Å². The molecule has 0 unspecified atom stereocenters. The Morgan fingerprint density at radius 1 is 1.20 bits per heavy atom. The first-order chi connectivity index (χ1) is 9.63. The molecular weight excluding hydrogens is 248 g/mol. The Bertz CT molecular complexity index is 660. The van der Waals surface area contributed by atoms with E-state index in [2.05, 4.69) is 42.3 Å². The zero-order valence-corrected chi connectivity index (χ0v) is 11.8. The van der Waals surface area contributed by atoms with E-state index in [4.69, 9.17) is 0 Å². The van der Waals surface area contributed by atoms with Crippen LogP contribution in [0.4, 0.5) is 0 Å². The van der Waals surface area contributed by atoms with Gasteiger partial charge in [0.05, 0.1) is 5.56 Å². The van der Waals surface area contributed by atoms with E-state index in [1.54, 1.807) is 6.20 Å². The molecule has 0 spiro atoms. The molecule has 3 heteroatoms. The molecule has 1 fully saturated rings. The average molecular weight is 266 g/mol. The van der Waals surface area contributed by atoms with E-state index in [9.17, 15) is 4.79 Å². The minimum atomic E-state index is -0.0212. The number of aryl methyl sites for hydroxylation is 2. The highest BCUT2D eigenvalue weighted by molar-refractivity contribution is 5.95. The van der Waals surface area contributed by atoms with E-state index < -0.39 is 0 Å². The van der Waals surface area contributed by atoms with Crippen molar-refractivity contribution in [1.82, 2.24) is 10.3 Å². The molecule has 1 aromatic heterocycles. The van der Waals surface area contributed by atoms with Gasteiger partial charge in [0.1, 0.15) is 0 Å². The van der Waals surface area contributed by atoms with Crippen LogP contribution in [-0.4, -0.2) is 16.9 Å². The highest BCUT2D eigenvalue weighted by Crippen LogP contribution is 2.25. The van der Waals surface area contributed by atoms with Gasteiger partial charge >= 0.3 is 0 Å². The van der Waals surface area contributed by atoms with Gasteiger partial charge < -0.3 is 5.32 Å². The molecule has 1 saturated carbocycles. The van der Waals surface area contributed by atoms with Crippen molar-refractivity contribution >= 4 is 5.91 Å². The lowest BCUT2D eigenvalue weighted by molar-refractivity contribution is 0.0951. The minimum absolute atomic E-state index is 0.0212. The van der Waals surface area contributed by atoms with E-state index in [1.165, 1.54) is 11.1 Å². The van der Waals surface area contributed by atoms with Crippen LogP contribution in [0.15, 0.2) is 36.7 Å². The molecule has 1 heterocycles. The molecule has 0 radical (unpaired) electrons. The lowest BCUT2D eigenvalue weighted by atomic mass is 9.99. The third kappa shape index (κ3) is 2.72. The number of hydrogen-bond acceptors (Lipinski definition) is 2. The molecule has 1 aromatic carbocycles. The Labute approximate surface area is 119 Å². The van der Waals surface area contributed by atoms with Gasteiger partial charge in [-0.1, -0.05) is 23.8 Å². The van der Waals surface area contributed by atoms with Crippen molar-refractivity contribution in [2.45, 2.75) is 32.7 Å². The van der Waals surface area contributed by atoms with E-state index in [0.29, 0.717) is 11.6 Å². The average Bonchev–Trinajstić information content (AvgIpc) is 3.25. The molecule has 20 heavy (non-hydrogen) atoms. The number of hydrogen-bond donors (Lipinski definition) is 1. The lowest BCUT2D eigenvalue weighted by Gasteiger charge is -2.09. The molecule has 1 aliphatic carbocycles. The van der Waals surface area contributed by atoms with Crippen molar-refractivity contribution < 1.29 is 4.79 Å². The van der Waals surface area contributed by atoms with Crippen molar-refractivity contribution in [2.24, 2.45) is 0 Å². The molecular formula is C17H18N2O. The van der Waals surface area contributed by atoms with E-state index in [0.717, 1.165) is 24.0 Å². The fourth-order valence-electron chi connectivity index (χ4n) is 2.25. The van der Waals surface area contributed by atoms with Crippen molar-refractivity contribution in [1.29, 1.82) is 0 Å². The summed E-state index contributed by atoms with van der Waals surface area (Å²) >= 11 is 0. The summed E-state index contributed by atoms with van der Waals surface area (Å²) in [4.78, 5) is 16.3. The summed E-state index contributed by atoms with van der Waals surface area (Å²) in [6.45, 7) is 4.14. The van der Waals surface area contributed by atoms with Crippen LogP contribution in [0, 0.1) is 13.8 Å². The summed E-state index contributed by atoms with van der Waals surface area (Å²) in [5.41, 5.74) is 5.17. The summed E-state index contributed by atoms with van der Waals surface area (Å²) in [7, 11) is 0. The molecule has 3 rings (SSSR count). The molecule has 2 aromatic rings. The van der Waals surface area contributed by atoms with Crippen LogP contribution < -0.4 is 5.32 Å². The molecule has 1 N–H and O–H groups in total. The van der Waals surface area contributed by atoms with E-state index >= 15 is 0 Å². The predicted molar refractivity (Wildman–Crippen MR) is 79.6 cm³/mol. The predicted octanol–water partition coefficient (Wildman–Crippen LogP) is 3.26. The second-order valence-electron chi connectivity index (χ2n) is 5.53. The fraction of sp³-hybridized carbons (Fsp3) is 0.294. The van der Waals surface area contributed by atoms with E-state index in [1.807, 2.05) is 12.3 Å². The number of nitrogens with one attached hydrogen (secondary N) is 1. The van der Waals surface area contributed by atoms with Gasteiger partial charge in [0.25, 0.3) is 5.91 Å². The highest BCUT2D eigenvalue weighted by Gasteiger charge is 2.24. The van der Waals surface area contributed by atoms with Crippen molar-refractivity contribution in [2.75, 3.05) is 0 Å². The minimum Gasteiger partial charge on any atom is -0.349 e. The summed E-state index contributed by atoms with van der Waals surface area (Å²) in [5, 5.41) is 3.00. The first-order valence-corrected chi connectivity index (χ1v) is 6.97. The Hall–Kier alpha value is -2.16. The quantitative estimate of drug-likeness (QED) is 0.926. The SMILES string of the molecule is Cc1ccc(C)c(-c2cncc(C(=O)NC3CC3)c2)c1.